The Kier molecular flexibility index (Phi) is 5.76. The van der Waals surface area contributed by atoms with Crippen molar-refractivity contribution in [2.24, 2.45) is 0 Å². The molecule has 0 aliphatic carbocycles. The summed E-state index contributed by atoms with van der Waals surface area (Å²) < 4.78 is 47.5. The molecule has 1 aliphatic rings. The van der Waals surface area contributed by atoms with E-state index >= 15 is 0 Å². The number of hydrogen-bond acceptors (Lipinski definition) is 3. The van der Waals surface area contributed by atoms with Crippen LogP contribution < -0.4 is 0 Å². The van der Waals surface area contributed by atoms with Crippen molar-refractivity contribution in [2.75, 3.05) is 19.7 Å². The maximum Gasteiger partial charge on any atom is 0.449 e. The van der Waals surface area contributed by atoms with Crippen LogP contribution in [-0.4, -0.2) is 40.1 Å². The van der Waals surface area contributed by atoms with E-state index in [1.165, 1.54) is 4.57 Å². The van der Waals surface area contributed by atoms with Crippen molar-refractivity contribution in [1.82, 2.24) is 14.5 Å². The number of para-hydroxylation sites is 2. The van der Waals surface area contributed by atoms with Gasteiger partial charge in [0.25, 0.3) is 0 Å². The van der Waals surface area contributed by atoms with Gasteiger partial charge in [-0.2, -0.15) is 13.2 Å². The summed E-state index contributed by atoms with van der Waals surface area (Å²) in [5, 5.41) is 0. The fourth-order valence-electron chi connectivity index (χ4n) is 3.91. The molecule has 1 amide bonds. The van der Waals surface area contributed by atoms with E-state index < -0.39 is 12.0 Å². The van der Waals surface area contributed by atoms with Gasteiger partial charge in [0.1, 0.15) is 6.61 Å². The number of rotatable bonds is 5. The Balaban J connectivity index is 1.39. The van der Waals surface area contributed by atoms with Crippen molar-refractivity contribution in [1.29, 1.82) is 0 Å². The normalized spacial score (nSPS) is 15.6. The molecular formula is C22H22F3N3O2. The minimum Gasteiger partial charge on any atom is -0.367 e. The standard InChI is InChI=1S/C22H22F3N3O2/c23-22(24,25)21-26-18-8-4-5-9-19(18)28(21)17-10-12-27(13-11-17)20(29)15-30-14-16-6-2-1-3-7-16/h1-9,17H,10-15H2. The van der Waals surface area contributed by atoms with Gasteiger partial charge in [-0.1, -0.05) is 42.5 Å². The SMILES string of the molecule is O=C(COCc1ccccc1)N1CCC(n2c(C(F)(F)F)nc3ccccc32)CC1. The Morgan fingerprint density at radius 3 is 2.40 bits per heavy atom. The monoisotopic (exact) mass is 417 g/mol. The molecule has 0 spiro atoms. The van der Waals surface area contributed by atoms with Crippen LogP contribution in [0.15, 0.2) is 54.6 Å². The van der Waals surface area contributed by atoms with Crippen LogP contribution in [0.1, 0.15) is 30.3 Å². The Morgan fingerprint density at radius 1 is 1.03 bits per heavy atom. The summed E-state index contributed by atoms with van der Waals surface area (Å²) in [6, 6.07) is 15.8. The number of carbonyl (C=O) groups excluding carboxylic acids is 1. The molecule has 30 heavy (non-hydrogen) atoms. The third-order valence-corrected chi connectivity index (χ3v) is 5.37. The molecule has 5 nitrogen and oxygen atoms in total. The molecule has 0 atom stereocenters. The number of likely N-dealkylation sites (tertiary alicyclic amines) is 1. The molecule has 0 unspecified atom stereocenters. The zero-order valence-corrected chi connectivity index (χ0v) is 16.3. The van der Waals surface area contributed by atoms with Gasteiger partial charge in [-0.15, -0.1) is 0 Å². The van der Waals surface area contributed by atoms with E-state index in [4.69, 9.17) is 4.74 Å². The smallest absolute Gasteiger partial charge is 0.367 e. The van der Waals surface area contributed by atoms with Crippen LogP contribution in [0.5, 0.6) is 0 Å². The second-order valence-corrected chi connectivity index (χ2v) is 7.38. The second-order valence-electron chi connectivity index (χ2n) is 7.38. The number of ether oxygens (including phenoxy) is 1. The molecular weight excluding hydrogens is 395 g/mol. The number of imidazole rings is 1. The van der Waals surface area contributed by atoms with Gasteiger partial charge >= 0.3 is 6.18 Å². The second kappa shape index (κ2) is 8.47. The predicted octanol–water partition coefficient (Wildman–Crippen LogP) is 4.44. The van der Waals surface area contributed by atoms with Crippen LogP contribution in [0, 0.1) is 0 Å². The summed E-state index contributed by atoms with van der Waals surface area (Å²) in [5.74, 6) is -1.02. The quantitative estimate of drug-likeness (QED) is 0.617. The third kappa shape index (κ3) is 4.33. The predicted molar refractivity (Wildman–Crippen MR) is 106 cm³/mol. The van der Waals surface area contributed by atoms with Gasteiger partial charge in [0.2, 0.25) is 11.7 Å². The molecule has 1 aromatic heterocycles. The van der Waals surface area contributed by atoms with E-state index in [1.807, 2.05) is 30.3 Å². The summed E-state index contributed by atoms with van der Waals surface area (Å²) in [4.78, 5) is 17.9. The van der Waals surface area contributed by atoms with E-state index in [1.54, 1.807) is 29.2 Å². The van der Waals surface area contributed by atoms with E-state index in [0.29, 0.717) is 43.6 Å². The number of hydrogen-bond donors (Lipinski definition) is 0. The van der Waals surface area contributed by atoms with Gasteiger partial charge in [-0.3, -0.25) is 4.79 Å². The third-order valence-electron chi connectivity index (χ3n) is 5.37. The Bertz CT molecular complexity index is 1010. The van der Waals surface area contributed by atoms with Crippen molar-refractivity contribution < 1.29 is 22.7 Å². The zero-order valence-electron chi connectivity index (χ0n) is 16.3. The molecule has 158 valence electrons. The average Bonchev–Trinajstić information content (AvgIpc) is 3.15. The number of nitrogens with zero attached hydrogens (tertiary/aromatic N) is 3. The van der Waals surface area contributed by atoms with E-state index in [-0.39, 0.29) is 18.6 Å². The number of aromatic nitrogens is 2. The van der Waals surface area contributed by atoms with Gasteiger partial charge < -0.3 is 14.2 Å². The van der Waals surface area contributed by atoms with Crippen molar-refractivity contribution in [3.05, 3.63) is 66.0 Å². The highest BCUT2D eigenvalue weighted by atomic mass is 19.4. The summed E-state index contributed by atoms with van der Waals surface area (Å²) in [7, 11) is 0. The summed E-state index contributed by atoms with van der Waals surface area (Å²) in [5.41, 5.74) is 1.79. The summed E-state index contributed by atoms with van der Waals surface area (Å²) >= 11 is 0. The van der Waals surface area contributed by atoms with Crippen molar-refractivity contribution in [2.45, 2.75) is 31.7 Å². The van der Waals surface area contributed by atoms with Crippen LogP contribution in [0.25, 0.3) is 11.0 Å². The highest BCUT2D eigenvalue weighted by molar-refractivity contribution is 5.78. The van der Waals surface area contributed by atoms with Gasteiger partial charge in [0.05, 0.1) is 17.6 Å². The Labute approximate surface area is 172 Å². The first-order chi connectivity index (χ1) is 14.4. The highest BCUT2D eigenvalue weighted by Crippen LogP contribution is 2.36. The number of benzene rings is 2. The maximum absolute atomic E-state index is 13.6. The zero-order chi connectivity index (χ0) is 21.1. The van der Waals surface area contributed by atoms with E-state index in [2.05, 4.69) is 4.98 Å². The summed E-state index contributed by atoms with van der Waals surface area (Å²) in [6.07, 6.45) is -3.65. The Morgan fingerprint density at radius 2 is 1.70 bits per heavy atom. The molecule has 3 aromatic rings. The molecule has 2 aromatic carbocycles. The van der Waals surface area contributed by atoms with Crippen molar-refractivity contribution in [3.8, 4) is 0 Å². The molecule has 0 bridgehead atoms. The van der Waals surface area contributed by atoms with E-state index in [0.717, 1.165) is 5.56 Å². The first-order valence-electron chi connectivity index (χ1n) is 9.87. The molecule has 2 heterocycles. The fourth-order valence-corrected chi connectivity index (χ4v) is 3.91. The molecule has 1 fully saturated rings. The highest BCUT2D eigenvalue weighted by Gasteiger charge is 2.40. The maximum atomic E-state index is 13.6. The number of alkyl halides is 3. The molecule has 1 saturated heterocycles. The molecule has 1 aliphatic heterocycles. The molecule has 0 N–H and O–H groups in total. The summed E-state index contributed by atoms with van der Waals surface area (Å²) in [6.45, 7) is 1.09. The van der Waals surface area contributed by atoms with Crippen LogP contribution in [-0.2, 0) is 22.3 Å². The number of fused-ring (bicyclic) bond motifs is 1. The van der Waals surface area contributed by atoms with Crippen LogP contribution >= 0.6 is 0 Å². The number of carbonyl (C=O) groups is 1. The average molecular weight is 417 g/mol. The Hall–Kier alpha value is -2.87. The lowest BCUT2D eigenvalue weighted by atomic mass is 10.0. The van der Waals surface area contributed by atoms with Crippen LogP contribution in [0.3, 0.4) is 0 Å². The van der Waals surface area contributed by atoms with Gasteiger partial charge in [0.15, 0.2) is 0 Å². The number of halogens is 3. The fraction of sp³-hybridized carbons (Fsp3) is 0.364. The molecule has 4 rings (SSSR count). The van der Waals surface area contributed by atoms with E-state index in [9.17, 15) is 18.0 Å². The molecule has 0 radical (unpaired) electrons. The van der Waals surface area contributed by atoms with Crippen molar-refractivity contribution >= 4 is 16.9 Å². The van der Waals surface area contributed by atoms with Crippen LogP contribution in [0.2, 0.25) is 0 Å². The van der Waals surface area contributed by atoms with Gasteiger partial charge in [-0.25, -0.2) is 4.98 Å². The minimum atomic E-state index is -4.53. The minimum absolute atomic E-state index is 0.0403. The lowest BCUT2D eigenvalue weighted by molar-refractivity contribution is -0.148. The lowest BCUT2D eigenvalue weighted by Gasteiger charge is -2.33. The first kappa shape index (κ1) is 20.4. The topological polar surface area (TPSA) is 47.4 Å². The molecule has 8 heteroatoms. The van der Waals surface area contributed by atoms with Crippen LogP contribution in [0.4, 0.5) is 13.2 Å². The van der Waals surface area contributed by atoms with Gasteiger partial charge in [-0.05, 0) is 30.5 Å². The lowest BCUT2D eigenvalue weighted by Crippen LogP contribution is -2.41. The largest absolute Gasteiger partial charge is 0.449 e. The number of amides is 1. The van der Waals surface area contributed by atoms with Gasteiger partial charge in [0, 0.05) is 19.1 Å². The molecule has 0 saturated carbocycles. The number of piperidine rings is 1. The van der Waals surface area contributed by atoms with Crippen molar-refractivity contribution in [3.63, 3.8) is 0 Å². The first-order valence-corrected chi connectivity index (χ1v) is 9.87.